The molecule has 2 aromatic carbocycles. The number of carbonyl (C=O) groups excluding carboxylic acids is 1. The lowest BCUT2D eigenvalue weighted by Crippen LogP contribution is -2.30. The van der Waals surface area contributed by atoms with Crippen LogP contribution in [-0.4, -0.2) is 34.2 Å². The number of sulfonamides is 1. The van der Waals surface area contributed by atoms with Crippen LogP contribution in [0, 0.1) is 5.92 Å². The molecular formula is C18H19NO6S. The summed E-state index contributed by atoms with van der Waals surface area (Å²) in [4.78, 5) is 12.1. The minimum atomic E-state index is -3.73. The Kier molecular flexibility index (Phi) is 5.43. The number of fused-ring (bicyclic) bond motifs is 1. The fourth-order valence-electron chi connectivity index (χ4n) is 2.62. The molecule has 1 aliphatic heterocycles. The van der Waals surface area contributed by atoms with Gasteiger partial charge < -0.3 is 14.2 Å². The number of nitrogens with two attached hydrogens (primary N) is 1. The molecule has 7 nitrogen and oxygen atoms in total. The summed E-state index contributed by atoms with van der Waals surface area (Å²) in [5, 5.41) is 5.03. The Bertz CT molecular complexity index is 879. The normalized spacial score (nSPS) is 16.3. The molecule has 0 amide bonds. The second-order valence-corrected chi connectivity index (χ2v) is 7.41. The summed E-state index contributed by atoms with van der Waals surface area (Å²) in [5.41, 5.74) is 0.992. The van der Waals surface area contributed by atoms with Crippen molar-refractivity contribution in [3.8, 4) is 11.5 Å². The van der Waals surface area contributed by atoms with E-state index in [1.807, 2.05) is 24.3 Å². The maximum absolute atomic E-state index is 12.1. The standard InChI is InChI=1S/C18H19NO6S/c19-26(21,22)16-7-5-15(6-8-16)23-9-10-24-18(20)14-11-13-3-1-2-4-17(13)25-12-14/h1-8,14H,9-12H2,(H2,19,21,22). The van der Waals surface area contributed by atoms with Gasteiger partial charge in [0, 0.05) is 0 Å². The quantitative estimate of drug-likeness (QED) is 0.604. The van der Waals surface area contributed by atoms with E-state index in [2.05, 4.69) is 0 Å². The van der Waals surface area contributed by atoms with Gasteiger partial charge in [-0.2, -0.15) is 0 Å². The van der Waals surface area contributed by atoms with Gasteiger partial charge in [0.2, 0.25) is 10.0 Å². The maximum Gasteiger partial charge on any atom is 0.312 e. The zero-order valence-electron chi connectivity index (χ0n) is 14.0. The molecule has 0 aliphatic carbocycles. The average Bonchev–Trinajstić information content (AvgIpc) is 2.64. The third-order valence-electron chi connectivity index (χ3n) is 3.96. The first-order valence-electron chi connectivity index (χ1n) is 8.06. The van der Waals surface area contributed by atoms with Crippen LogP contribution in [0.5, 0.6) is 11.5 Å². The van der Waals surface area contributed by atoms with Gasteiger partial charge in [-0.1, -0.05) is 18.2 Å². The van der Waals surface area contributed by atoms with E-state index in [9.17, 15) is 13.2 Å². The van der Waals surface area contributed by atoms with Gasteiger partial charge in [0.1, 0.15) is 31.3 Å². The number of para-hydroxylation sites is 1. The number of primary sulfonamides is 1. The van der Waals surface area contributed by atoms with Gasteiger partial charge in [0.25, 0.3) is 0 Å². The summed E-state index contributed by atoms with van der Waals surface area (Å²) >= 11 is 0. The maximum atomic E-state index is 12.1. The summed E-state index contributed by atoms with van der Waals surface area (Å²) in [5.74, 6) is 0.609. The van der Waals surface area contributed by atoms with Crippen molar-refractivity contribution in [3.05, 3.63) is 54.1 Å². The molecule has 2 aromatic rings. The topological polar surface area (TPSA) is 105 Å². The van der Waals surface area contributed by atoms with Crippen molar-refractivity contribution in [2.45, 2.75) is 11.3 Å². The molecule has 0 saturated heterocycles. The average molecular weight is 377 g/mol. The van der Waals surface area contributed by atoms with Crippen molar-refractivity contribution in [3.63, 3.8) is 0 Å². The molecule has 1 unspecified atom stereocenters. The lowest BCUT2D eigenvalue weighted by Gasteiger charge is -2.23. The van der Waals surface area contributed by atoms with Crippen LogP contribution in [0.25, 0.3) is 0 Å². The van der Waals surface area contributed by atoms with Gasteiger partial charge in [-0.25, -0.2) is 13.6 Å². The van der Waals surface area contributed by atoms with Crippen LogP contribution in [0.2, 0.25) is 0 Å². The van der Waals surface area contributed by atoms with E-state index in [1.165, 1.54) is 24.3 Å². The number of carbonyl (C=O) groups is 1. The molecule has 0 saturated carbocycles. The Morgan fingerprint density at radius 1 is 1.12 bits per heavy atom. The molecule has 1 heterocycles. The number of rotatable bonds is 6. The Balaban J connectivity index is 1.43. The highest BCUT2D eigenvalue weighted by atomic mass is 32.2. The van der Waals surface area contributed by atoms with Crippen LogP contribution in [0.3, 0.4) is 0 Å². The monoisotopic (exact) mass is 377 g/mol. The van der Waals surface area contributed by atoms with E-state index >= 15 is 0 Å². The molecule has 1 aliphatic rings. The molecule has 0 bridgehead atoms. The smallest absolute Gasteiger partial charge is 0.312 e. The van der Waals surface area contributed by atoms with E-state index in [1.54, 1.807) is 0 Å². The van der Waals surface area contributed by atoms with E-state index in [-0.39, 0.29) is 30.0 Å². The first kappa shape index (κ1) is 18.2. The van der Waals surface area contributed by atoms with Gasteiger partial charge in [-0.05, 0) is 42.3 Å². The second kappa shape index (κ2) is 7.76. The zero-order valence-corrected chi connectivity index (χ0v) is 14.8. The minimum absolute atomic E-state index is 0.00820. The lowest BCUT2D eigenvalue weighted by molar-refractivity contribution is -0.150. The van der Waals surface area contributed by atoms with Crippen LogP contribution in [0.15, 0.2) is 53.4 Å². The first-order valence-corrected chi connectivity index (χ1v) is 9.61. The van der Waals surface area contributed by atoms with Gasteiger partial charge in [-0.15, -0.1) is 0 Å². The van der Waals surface area contributed by atoms with E-state index in [0.29, 0.717) is 18.8 Å². The minimum Gasteiger partial charge on any atom is -0.492 e. The molecule has 0 radical (unpaired) electrons. The Labute approximate surface area is 151 Å². The van der Waals surface area contributed by atoms with Crippen molar-refractivity contribution >= 4 is 16.0 Å². The van der Waals surface area contributed by atoms with Crippen LogP contribution >= 0.6 is 0 Å². The van der Waals surface area contributed by atoms with Crippen LogP contribution in [0.1, 0.15) is 5.56 Å². The molecule has 8 heteroatoms. The van der Waals surface area contributed by atoms with Gasteiger partial charge >= 0.3 is 5.97 Å². The largest absolute Gasteiger partial charge is 0.492 e. The molecule has 1 atom stereocenters. The molecule has 0 fully saturated rings. The highest BCUT2D eigenvalue weighted by Gasteiger charge is 2.26. The zero-order chi connectivity index (χ0) is 18.6. The number of hydrogen-bond acceptors (Lipinski definition) is 6. The molecule has 0 aromatic heterocycles. The summed E-state index contributed by atoms with van der Waals surface area (Å²) < 4.78 is 38.6. The van der Waals surface area contributed by atoms with Crippen molar-refractivity contribution < 1.29 is 27.4 Å². The number of esters is 1. The summed E-state index contributed by atoms with van der Waals surface area (Å²) in [6, 6.07) is 13.3. The third kappa shape index (κ3) is 4.53. The van der Waals surface area contributed by atoms with Crippen LogP contribution in [0.4, 0.5) is 0 Å². The van der Waals surface area contributed by atoms with Crippen molar-refractivity contribution in [1.82, 2.24) is 0 Å². The molecule has 3 rings (SSSR count). The highest BCUT2D eigenvalue weighted by Crippen LogP contribution is 2.27. The predicted molar refractivity (Wildman–Crippen MR) is 93.4 cm³/mol. The highest BCUT2D eigenvalue weighted by molar-refractivity contribution is 7.89. The van der Waals surface area contributed by atoms with Crippen molar-refractivity contribution in [2.75, 3.05) is 19.8 Å². The molecular weight excluding hydrogens is 358 g/mol. The van der Waals surface area contributed by atoms with Crippen molar-refractivity contribution in [1.29, 1.82) is 0 Å². The molecule has 2 N–H and O–H groups in total. The van der Waals surface area contributed by atoms with Crippen molar-refractivity contribution in [2.24, 2.45) is 11.1 Å². The third-order valence-corrected chi connectivity index (χ3v) is 4.89. The Morgan fingerprint density at radius 3 is 2.58 bits per heavy atom. The summed E-state index contributed by atoms with van der Waals surface area (Å²) in [7, 11) is -3.73. The van der Waals surface area contributed by atoms with Gasteiger partial charge in [0.05, 0.1) is 10.8 Å². The molecule has 26 heavy (non-hydrogen) atoms. The van der Waals surface area contributed by atoms with Gasteiger partial charge in [0.15, 0.2) is 0 Å². The number of hydrogen-bond donors (Lipinski definition) is 1. The van der Waals surface area contributed by atoms with E-state index < -0.39 is 10.0 Å². The predicted octanol–water partition coefficient (Wildman–Crippen LogP) is 1.51. The van der Waals surface area contributed by atoms with Gasteiger partial charge in [-0.3, -0.25) is 4.79 Å². The fraction of sp³-hybridized carbons (Fsp3) is 0.278. The fourth-order valence-corrected chi connectivity index (χ4v) is 3.14. The number of benzene rings is 2. The van der Waals surface area contributed by atoms with E-state index in [0.717, 1.165) is 11.3 Å². The van der Waals surface area contributed by atoms with Crippen LogP contribution < -0.4 is 14.6 Å². The lowest BCUT2D eigenvalue weighted by atomic mass is 9.97. The molecule has 138 valence electrons. The number of ether oxygens (including phenoxy) is 3. The SMILES string of the molecule is NS(=O)(=O)c1ccc(OCCOC(=O)C2COc3ccccc3C2)cc1. The Hall–Kier alpha value is -2.58. The second-order valence-electron chi connectivity index (χ2n) is 5.85. The summed E-state index contributed by atoms with van der Waals surface area (Å²) in [6.45, 7) is 0.546. The molecule has 0 spiro atoms. The summed E-state index contributed by atoms with van der Waals surface area (Å²) in [6.07, 6.45) is 0.588. The van der Waals surface area contributed by atoms with E-state index in [4.69, 9.17) is 19.3 Å². The first-order chi connectivity index (χ1) is 12.4. The van der Waals surface area contributed by atoms with Crippen LogP contribution in [-0.2, 0) is 26.0 Å². The Morgan fingerprint density at radius 2 is 1.85 bits per heavy atom.